The number of aryl methyl sites for hydroxylation is 1. The average Bonchev–Trinajstić information content (AvgIpc) is 2.47. The summed E-state index contributed by atoms with van der Waals surface area (Å²) in [6.07, 6.45) is 3.40. The van der Waals surface area contributed by atoms with E-state index in [1.165, 1.54) is 16.0 Å². The molecule has 0 amide bonds. The molecule has 0 nitrogen and oxygen atoms in total. The summed E-state index contributed by atoms with van der Waals surface area (Å²) in [6, 6.07) is 2.17. The maximum Gasteiger partial charge on any atom is 0.0325 e. The summed E-state index contributed by atoms with van der Waals surface area (Å²) in [5.41, 5.74) is 2.80. The van der Waals surface area contributed by atoms with E-state index in [1.807, 2.05) is 11.3 Å². The van der Waals surface area contributed by atoms with E-state index in [0.717, 1.165) is 11.8 Å². The average molecular weight is 245 g/mol. The smallest absolute Gasteiger partial charge is 0.0325 e. The minimum Gasteiger partial charge on any atom is -0.144 e. The molecule has 0 unspecified atom stereocenters. The molecule has 0 N–H and O–H groups in total. The van der Waals surface area contributed by atoms with Gasteiger partial charge in [0.25, 0.3) is 0 Å². The Bertz CT molecular complexity index is 273. The summed E-state index contributed by atoms with van der Waals surface area (Å²) in [5.74, 6) is 0. The fourth-order valence-electron chi connectivity index (χ4n) is 1.14. The monoisotopic (exact) mass is 244 g/mol. The van der Waals surface area contributed by atoms with Crippen LogP contribution in [0.15, 0.2) is 17.5 Å². The van der Waals surface area contributed by atoms with Crippen molar-refractivity contribution in [3.8, 4) is 0 Å². The van der Waals surface area contributed by atoms with Crippen LogP contribution >= 0.6 is 27.3 Å². The first-order valence-corrected chi connectivity index (χ1v) is 6.03. The van der Waals surface area contributed by atoms with Crippen LogP contribution in [0.1, 0.15) is 23.8 Å². The highest BCUT2D eigenvalue weighted by Gasteiger charge is 2.00. The fraction of sp³-hybridized carbons (Fsp3) is 0.400. The van der Waals surface area contributed by atoms with Crippen LogP contribution in [-0.4, -0.2) is 5.33 Å². The quantitative estimate of drug-likeness (QED) is 0.698. The Morgan fingerprint density at radius 3 is 2.92 bits per heavy atom. The lowest BCUT2D eigenvalue weighted by atomic mass is 10.1. The third kappa shape index (κ3) is 2.46. The van der Waals surface area contributed by atoms with E-state index in [4.69, 9.17) is 0 Å². The molecule has 0 aliphatic heterocycles. The van der Waals surface area contributed by atoms with Gasteiger partial charge in [-0.15, -0.1) is 11.3 Å². The Morgan fingerprint density at radius 1 is 1.67 bits per heavy atom. The van der Waals surface area contributed by atoms with Crippen LogP contribution in [0.2, 0.25) is 0 Å². The Labute approximate surface area is 86.4 Å². The van der Waals surface area contributed by atoms with Gasteiger partial charge in [-0.1, -0.05) is 22.0 Å². The number of rotatable bonds is 3. The van der Waals surface area contributed by atoms with Crippen LogP contribution in [0.5, 0.6) is 0 Å². The van der Waals surface area contributed by atoms with Gasteiger partial charge in [-0.3, -0.25) is 0 Å². The number of halogens is 1. The summed E-state index contributed by atoms with van der Waals surface area (Å²) in [4.78, 5) is 1.43. The van der Waals surface area contributed by atoms with Crippen molar-refractivity contribution in [2.75, 3.05) is 5.33 Å². The number of thiophene rings is 1. The molecule has 1 heterocycles. The Morgan fingerprint density at radius 2 is 2.42 bits per heavy atom. The third-order valence-electron chi connectivity index (χ3n) is 1.78. The van der Waals surface area contributed by atoms with E-state index >= 15 is 0 Å². The van der Waals surface area contributed by atoms with E-state index in [-0.39, 0.29) is 0 Å². The topological polar surface area (TPSA) is 0 Å². The SMILES string of the molecule is C/C(=C/CCBr)c1sccc1C. The van der Waals surface area contributed by atoms with Crippen LogP contribution < -0.4 is 0 Å². The van der Waals surface area contributed by atoms with Gasteiger partial charge in [0, 0.05) is 10.2 Å². The summed E-state index contributed by atoms with van der Waals surface area (Å²) >= 11 is 5.24. The normalized spacial score (nSPS) is 12.1. The van der Waals surface area contributed by atoms with Gasteiger partial charge in [-0.2, -0.15) is 0 Å². The number of hydrogen-bond donors (Lipinski definition) is 0. The lowest BCUT2D eigenvalue weighted by Crippen LogP contribution is -1.77. The molecule has 0 atom stereocenters. The number of hydrogen-bond acceptors (Lipinski definition) is 1. The van der Waals surface area contributed by atoms with Crippen LogP contribution in [0.25, 0.3) is 5.57 Å². The first-order chi connectivity index (χ1) is 5.75. The van der Waals surface area contributed by atoms with Crippen molar-refractivity contribution in [3.63, 3.8) is 0 Å². The van der Waals surface area contributed by atoms with Gasteiger partial charge in [-0.25, -0.2) is 0 Å². The molecule has 0 saturated heterocycles. The molecule has 0 radical (unpaired) electrons. The zero-order valence-electron chi connectivity index (χ0n) is 7.43. The van der Waals surface area contributed by atoms with E-state index in [0.29, 0.717) is 0 Å². The standard InChI is InChI=1S/C10H13BrS/c1-8(4-3-6-11)10-9(2)5-7-12-10/h4-5,7H,3,6H2,1-2H3/b8-4-. The molecule has 1 aromatic rings. The predicted octanol–water partition coefficient (Wildman–Crippen LogP) is 4.24. The number of alkyl halides is 1. The highest BCUT2D eigenvalue weighted by atomic mass is 79.9. The van der Waals surface area contributed by atoms with Crippen molar-refractivity contribution in [3.05, 3.63) is 28.0 Å². The fourth-order valence-corrected chi connectivity index (χ4v) is 2.30. The molecular formula is C10H13BrS. The molecule has 66 valence electrons. The van der Waals surface area contributed by atoms with Crippen LogP contribution in [0, 0.1) is 6.92 Å². The van der Waals surface area contributed by atoms with Crippen molar-refractivity contribution < 1.29 is 0 Å². The molecule has 0 spiro atoms. The summed E-state index contributed by atoms with van der Waals surface area (Å²) in [7, 11) is 0. The highest BCUT2D eigenvalue weighted by molar-refractivity contribution is 9.09. The van der Waals surface area contributed by atoms with Gasteiger partial charge in [0.2, 0.25) is 0 Å². The molecule has 1 rings (SSSR count). The molecule has 12 heavy (non-hydrogen) atoms. The molecule has 0 bridgehead atoms. The Balaban J connectivity index is 2.77. The Kier molecular flexibility index (Phi) is 4.02. The summed E-state index contributed by atoms with van der Waals surface area (Å²) < 4.78 is 0. The third-order valence-corrected chi connectivity index (χ3v) is 3.39. The summed E-state index contributed by atoms with van der Waals surface area (Å²) in [5, 5.41) is 3.20. The maximum atomic E-state index is 3.42. The second-order valence-corrected chi connectivity index (χ2v) is 4.51. The van der Waals surface area contributed by atoms with Gasteiger partial charge in [-0.05, 0) is 42.9 Å². The lowest BCUT2D eigenvalue weighted by Gasteiger charge is -1.98. The molecule has 0 aliphatic carbocycles. The van der Waals surface area contributed by atoms with Gasteiger partial charge in [0.05, 0.1) is 0 Å². The maximum absolute atomic E-state index is 3.42. The zero-order valence-corrected chi connectivity index (χ0v) is 9.83. The van der Waals surface area contributed by atoms with Gasteiger partial charge >= 0.3 is 0 Å². The Hall–Kier alpha value is -0.0800. The van der Waals surface area contributed by atoms with Crippen molar-refractivity contribution in [1.82, 2.24) is 0 Å². The first kappa shape index (κ1) is 10.0. The minimum absolute atomic E-state index is 1.05. The van der Waals surface area contributed by atoms with E-state index in [2.05, 4.69) is 47.3 Å². The van der Waals surface area contributed by atoms with E-state index in [1.54, 1.807) is 0 Å². The van der Waals surface area contributed by atoms with E-state index < -0.39 is 0 Å². The highest BCUT2D eigenvalue weighted by Crippen LogP contribution is 2.24. The van der Waals surface area contributed by atoms with Crippen molar-refractivity contribution in [2.45, 2.75) is 20.3 Å². The van der Waals surface area contributed by atoms with Crippen molar-refractivity contribution in [1.29, 1.82) is 0 Å². The second kappa shape index (κ2) is 4.83. The molecular weight excluding hydrogens is 232 g/mol. The minimum atomic E-state index is 1.05. The lowest BCUT2D eigenvalue weighted by molar-refractivity contribution is 1.26. The zero-order chi connectivity index (χ0) is 8.97. The molecule has 0 saturated carbocycles. The molecule has 0 aliphatic rings. The number of allylic oxidation sites excluding steroid dienone is 2. The van der Waals surface area contributed by atoms with Gasteiger partial charge in [0.15, 0.2) is 0 Å². The van der Waals surface area contributed by atoms with Crippen LogP contribution in [0.3, 0.4) is 0 Å². The molecule has 2 heteroatoms. The van der Waals surface area contributed by atoms with Gasteiger partial charge < -0.3 is 0 Å². The van der Waals surface area contributed by atoms with Crippen molar-refractivity contribution in [2.24, 2.45) is 0 Å². The molecule has 1 aromatic heterocycles. The largest absolute Gasteiger partial charge is 0.144 e. The van der Waals surface area contributed by atoms with Crippen LogP contribution in [-0.2, 0) is 0 Å². The second-order valence-electron chi connectivity index (χ2n) is 2.80. The summed E-state index contributed by atoms with van der Waals surface area (Å²) in [6.45, 7) is 4.35. The first-order valence-electron chi connectivity index (χ1n) is 4.03. The van der Waals surface area contributed by atoms with Crippen LogP contribution in [0.4, 0.5) is 0 Å². The predicted molar refractivity (Wildman–Crippen MR) is 61.1 cm³/mol. The van der Waals surface area contributed by atoms with Crippen molar-refractivity contribution >= 4 is 32.8 Å². The molecule has 0 aromatic carbocycles. The molecule has 0 fully saturated rings. The van der Waals surface area contributed by atoms with Gasteiger partial charge in [0.1, 0.15) is 0 Å². The van der Waals surface area contributed by atoms with E-state index in [9.17, 15) is 0 Å².